The zero-order chi connectivity index (χ0) is 19.2. The van der Waals surface area contributed by atoms with Crippen LogP contribution in [0.3, 0.4) is 0 Å². The fraction of sp³-hybridized carbons (Fsp3) is 0.300. The highest BCUT2D eigenvalue weighted by atomic mass is 16.5. The van der Waals surface area contributed by atoms with Crippen LogP contribution in [0, 0.1) is 5.92 Å². The average molecular weight is 365 g/mol. The Balaban J connectivity index is 1.93. The molecule has 7 nitrogen and oxygen atoms in total. The Labute approximate surface area is 158 Å². The third-order valence-corrected chi connectivity index (χ3v) is 3.72. The molecule has 3 rings (SSSR count). The molecule has 0 fully saturated rings. The summed E-state index contributed by atoms with van der Waals surface area (Å²) in [5.74, 6) is 1.60. The van der Waals surface area contributed by atoms with Crippen molar-refractivity contribution in [1.82, 2.24) is 20.3 Å². The van der Waals surface area contributed by atoms with E-state index in [1.807, 2.05) is 31.2 Å². The molecule has 0 spiro atoms. The summed E-state index contributed by atoms with van der Waals surface area (Å²) in [5.41, 5.74) is 2.64. The number of amides is 2. The molecule has 27 heavy (non-hydrogen) atoms. The minimum absolute atomic E-state index is 0.305. The Kier molecular flexibility index (Phi) is 5.80. The molecule has 2 heterocycles. The van der Waals surface area contributed by atoms with Gasteiger partial charge in [0.1, 0.15) is 17.1 Å². The molecule has 2 amide bonds. The molecule has 0 bridgehead atoms. The smallest absolute Gasteiger partial charge is 0.320 e. The summed E-state index contributed by atoms with van der Waals surface area (Å²) in [4.78, 5) is 25.2. The Bertz CT molecular complexity index is 943. The van der Waals surface area contributed by atoms with Crippen molar-refractivity contribution in [2.75, 3.05) is 18.5 Å². The minimum atomic E-state index is -0.305. The highest BCUT2D eigenvalue weighted by Crippen LogP contribution is 2.29. The Morgan fingerprint density at radius 1 is 1.15 bits per heavy atom. The molecule has 7 heteroatoms. The Morgan fingerprint density at radius 2 is 1.96 bits per heavy atom. The fourth-order valence-corrected chi connectivity index (χ4v) is 2.48. The maximum atomic E-state index is 11.7. The number of benzene rings is 1. The predicted molar refractivity (Wildman–Crippen MR) is 106 cm³/mol. The largest absolute Gasteiger partial charge is 0.493 e. The molecule has 0 aliphatic rings. The number of fused-ring (bicyclic) bond motifs is 1. The number of carbonyl (C=O) groups is 1. The number of nitrogens with zero attached hydrogens (tertiary/aromatic N) is 3. The molecule has 0 atom stereocenters. The molecule has 1 aromatic carbocycles. The molecule has 0 radical (unpaired) electrons. The van der Waals surface area contributed by atoms with Crippen LogP contribution >= 0.6 is 0 Å². The van der Waals surface area contributed by atoms with Gasteiger partial charge in [0.15, 0.2) is 5.65 Å². The van der Waals surface area contributed by atoms with E-state index in [4.69, 9.17) is 4.74 Å². The molecule has 0 unspecified atom stereocenters. The summed E-state index contributed by atoms with van der Waals surface area (Å²) in [7, 11) is 0. The van der Waals surface area contributed by atoms with E-state index < -0.39 is 0 Å². The van der Waals surface area contributed by atoms with Crippen molar-refractivity contribution in [3.63, 3.8) is 0 Å². The summed E-state index contributed by atoms with van der Waals surface area (Å²) in [6, 6.07) is 10.9. The molecule has 2 aromatic heterocycles. The van der Waals surface area contributed by atoms with Gasteiger partial charge in [-0.1, -0.05) is 26.0 Å². The molecular weight excluding hydrogens is 342 g/mol. The summed E-state index contributed by atoms with van der Waals surface area (Å²) in [5, 5.41) is 5.35. The van der Waals surface area contributed by atoms with E-state index in [9.17, 15) is 4.79 Å². The zero-order valence-electron chi connectivity index (χ0n) is 15.7. The van der Waals surface area contributed by atoms with Crippen LogP contribution in [0.2, 0.25) is 0 Å². The van der Waals surface area contributed by atoms with Crippen LogP contribution in [-0.4, -0.2) is 34.1 Å². The van der Waals surface area contributed by atoms with E-state index in [0.717, 1.165) is 11.3 Å². The van der Waals surface area contributed by atoms with Crippen LogP contribution in [0.5, 0.6) is 5.75 Å². The standard InChI is InChI=1S/C20H23N5O2/c1-4-21-20(26)25-18-10-9-15-19(24-18)23-16(11-22-15)14-7-5-6-8-17(14)27-12-13(2)3/h5-11,13H,4,12H2,1-3H3,(H2,21,23,24,25,26). The van der Waals surface area contributed by atoms with Crippen LogP contribution < -0.4 is 15.4 Å². The average Bonchev–Trinajstić information content (AvgIpc) is 2.66. The lowest BCUT2D eigenvalue weighted by atomic mass is 10.1. The van der Waals surface area contributed by atoms with E-state index in [2.05, 4.69) is 39.4 Å². The SMILES string of the molecule is CCNC(=O)Nc1ccc2ncc(-c3ccccc3OCC(C)C)nc2n1. The lowest BCUT2D eigenvalue weighted by molar-refractivity contribution is 0.252. The molecule has 3 aromatic rings. The molecule has 0 saturated carbocycles. The summed E-state index contributed by atoms with van der Waals surface area (Å²) < 4.78 is 5.91. The quantitative estimate of drug-likeness (QED) is 0.692. The van der Waals surface area contributed by atoms with Gasteiger partial charge in [-0.25, -0.2) is 14.8 Å². The number of para-hydroxylation sites is 1. The lowest BCUT2D eigenvalue weighted by Crippen LogP contribution is -2.28. The maximum Gasteiger partial charge on any atom is 0.320 e. The zero-order valence-corrected chi connectivity index (χ0v) is 15.7. The number of ether oxygens (including phenoxy) is 1. The van der Waals surface area contributed by atoms with Crippen LogP contribution in [0.4, 0.5) is 10.6 Å². The molecule has 140 valence electrons. The number of anilines is 1. The van der Waals surface area contributed by atoms with Crippen molar-refractivity contribution in [2.24, 2.45) is 5.92 Å². The molecule has 0 aliphatic heterocycles. The normalized spacial score (nSPS) is 10.8. The number of nitrogens with one attached hydrogen (secondary N) is 2. The van der Waals surface area contributed by atoms with Gasteiger partial charge in [0.05, 0.1) is 18.5 Å². The van der Waals surface area contributed by atoms with E-state index in [1.165, 1.54) is 0 Å². The van der Waals surface area contributed by atoms with E-state index in [-0.39, 0.29) is 6.03 Å². The number of pyridine rings is 1. The first-order chi connectivity index (χ1) is 13.1. The van der Waals surface area contributed by atoms with E-state index >= 15 is 0 Å². The minimum Gasteiger partial charge on any atom is -0.493 e. The predicted octanol–water partition coefficient (Wildman–Crippen LogP) is 3.87. The third-order valence-electron chi connectivity index (χ3n) is 3.72. The van der Waals surface area contributed by atoms with Gasteiger partial charge in [-0.3, -0.25) is 10.3 Å². The van der Waals surface area contributed by atoms with Gasteiger partial charge in [-0.2, -0.15) is 0 Å². The van der Waals surface area contributed by atoms with Crippen molar-refractivity contribution in [3.8, 4) is 17.0 Å². The lowest BCUT2D eigenvalue weighted by Gasteiger charge is -2.13. The van der Waals surface area contributed by atoms with Crippen LogP contribution in [-0.2, 0) is 0 Å². The highest BCUT2D eigenvalue weighted by molar-refractivity contribution is 5.89. The van der Waals surface area contributed by atoms with Gasteiger partial charge >= 0.3 is 6.03 Å². The number of aromatic nitrogens is 3. The van der Waals surface area contributed by atoms with Gasteiger partial charge in [0, 0.05) is 12.1 Å². The number of rotatable bonds is 6. The number of hydrogen-bond donors (Lipinski definition) is 2. The van der Waals surface area contributed by atoms with Crippen molar-refractivity contribution in [1.29, 1.82) is 0 Å². The first kappa shape index (κ1) is 18.6. The van der Waals surface area contributed by atoms with Gasteiger partial charge in [0.25, 0.3) is 0 Å². The molecular formula is C20H23N5O2. The maximum absolute atomic E-state index is 11.7. The molecule has 0 aliphatic carbocycles. The van der Waals surface area contributed by atoms with Gasteiger partial charge < -0.3 is 10.1 Å². The Morgan fingerprint density at radius 3 is 2.74 bits per heavy atom. The second-order valence-corrected chi connectivity index (χ2v) is 6.48. The van der Waals surface area contributed by atoms with E-state index in [0.29, 0.717) is 41.7 Å². The number of carbonyl (C=O) groups excluding carboxylic acids is 1. The van der Waals surface area contributed by atoms with E-state index in [1.54, 1.807) is 18.3 Å². The van der Waals surface area contributed by atoms with Crippen molar-refractivity contribution >= 4 is 23.0 Å². The van der Waals surface area contributed by atoms with Crippen LogP contribution in [0.1, 0.15) is 20.8 Å². The second kappa shape index (κ2) is 8.44. The number of urea groups is 1. The fourth-order valence-electron chi connectivity index (χ4n) is 2.48. The highest BCUT2D eigenvalue weighted by Gasteiger charge is 2.11. The summed E-state index contributed by atoms with van der Waals surface area (Å²) >= 11 is 0. The molecule has 2 N–H and O–H groups in total. The monoisotopic (exact) mass is 365 g/mol. The number of hydrogen-bond acceptors (Lipinski definition) is 5. The molecule has 0 saturated heterocycles. The Hall–Kier alpha value is -3.22. The third kappa shape index (κ3) is 4.69. The summed E-state index contributed by atoms with van der Waals surface area (Å²) in [6.45, 7) is 7.22. The first-order valence-corrected chi connectivity index (χ1v) is 8.97. The van der Waals surface area contributed by atoms with Gasteiger partial charge in [0.2, 0.25) is 0 Å². The van der Waals surface area contributed by atoms with Crippen molar-refractivity contribution in [2.45, 2.75) is 20.8 Å². The topological polar surface area (TPSA) is 89.0 Å². The van der Waals surface area contributed by atoms with Gasteiger partial charge in [-0.05, 0) is 37.1 Å². The first-order valence-electron chi connectivity index (χ1n) is 8.97. The van der Waals surface area contributed by atoms with Crippen molar-refractivity contribution < 1.29 is 9.53 Å². The van der Waals surface area contributed by atoms with Crippen molar-refractivity contribution in [3.05, 3.63) is 42.6 Å². The second-order valence-electron chi connectivity index (χ2n) is 6.48. The van der Waals surface area contributed by atoms with Crippen LogP contribution in [0.15, 0.2) is 42.6 Å². The van der Waals surface area contributed by atoms with Crippen LogP contribution in [0.25, 0.3) is 22.4 Å². The van der Waals surface area contributed by atoms with Gasteiger partial charge in [-0.15, -0.1) is 0 Å². The summed E-state index contributed by atoms with van der Waals surface area (Å²) in [6.07, 6.45) is 1.71.